The number of hydrogen-bond acceptors (Lipinski definition) is 6. The van der Waals surface area contributed by atoms with Gasteiger partial charge in [0.05, 0.1) is 5.69 Å². The van der Waals surface area contributed by atoms with Crippen molar-refractivity contribution >= 4 is 17.5 Å². The number of carbonyl (C=O) groups excluding carboxylic acids is 2. The number of aliphatic hydroxyl groups excluding tert-OH is 2. The SMILES string of the molecule is O=C(NCC1CCN(c2ccccc2OC(F)(F)F)CC1)[C@H](O)[C@@H](O)C(=O)N1CC2C3C2C31. The minimum Gasteiger partial charge on any atom is -0.404 e. The van der Waals surface area contributed by atoms with Crippen molar-refractivity contribution in [2.75, 3.05) is 31.1 Å². The van der Waals surface area contributed by atoms with Gasteiger partial charge in [0, 0.05) is 32.2 Å². The van der Waals surface area contributed by atoms with E-state index in [1.807, 2.05) is 0 Å². The highest BCUT2D eigenvalue weighted by Gasteiger charge is 2.81. The van der Waals surface area contributed by atoms with Crippen molar-refractivity contribution in [2.45, 2.75) is 37.5 Å². The molecule has 2 amide bonds. The highest BCUT2D eigenvalue weighted by molar-refractivity contribution is 5.91. The van der Waals surface area contributed by atoms with E-state index in [4.69, 9.17) is 0 Å². The second-order valence-corrected chi connectivity index (χ2v) is 9.38. The number of anilines is 1. The quantitative estimate of drug-likeness (QED) is 0.544. The van der Waals surface area contributed by atoms with Crippen molar-refractivity contribution in [3.05, 3.63) is 24.3 Å². The number of nitrogens with zero attached hydrogens (tertiary/aromatic N) is 2. The number of para-hydroxylation sites is 2. The van der Waals surface area contributed by atoms with Gasteiger partial charge in [-0.05, 0) is 48.6 Å². The number of benzene rings is 1. The van der Waals surface area contributed by atoms with Crippen LogP contribution in [-0.4, -0.2) is 77.7 Å². The number of hydrogen-bond donors (Lipinski definition) is 3. The van der Waals surface area contributed by atoms with Gasteiger partial charge in [-0.1, -0.05) is 12.1 Å². The second kappa shape index (κ2) is 8.05. The molecule has 3 N–H and O–H groups in total. The Morgan fingerprint density at radius 1 is 1.12 bits per heavy atom. The number of aliphatic hydroxyl groups is 2. The summed E-state index contributed by atoms with van der Waals surface area (Å²) in [4.78, 5) is 28.1. The monoisotopic (exact) mass is 469 g/mol. The van der Waals surface area contributed by atoms with Crippen molar-refractivity contribution in [2.24, 2.45) is 23.7 Å². The van der Waals surface area contributed by atoms with Gasteiger partial charge < -0.3 is 30.1 Å². The van der Waals surface area contributed by atoms with E-state index in [2.05, 4.69) is 10.1 Å². The molecule has 3 saturated heterocycles. The Labute approximate surface area is 188 Å². The summed E-state index contributed by atoms with van der Waals surface area (Å²) in [5.41, 5.74) is 0.357. The molecule has 0 radical (unpaired) electrons. The fraction of sp³-hybridized carbons (Fsp3) is 0.636. The van der Waals surface area contributed by atoms with Crippen LogP contribution >= 0.6 is 0 Å². The van der Waals surface area contributed by atoms with E-state index in [-0.39, 0.29) is 24.3 Å². The van der Waals surface area contributed by atoms with E-state index in [0.29, 0.717) is 55.9 Å². The molecule has 3 heterocycles. The molecule has 1 aromatic carbocycles. The van der Waals surface area contributed by atoms with Crippen LogP contribution in [0.3, 0.4) is 0 Å². The van der Waals surface area contributed by atoms with E-state index < -0.39 is 30.4 Å². The highest BCUT2D eigenvalue weighted by atomic mass is 19.4. The number of carbonyl (C=O) groups is 2. The van der Waals surface area contributed by atoms with Gasteiger partial charge in [-0.25, -0.2) is 0 Å². The first-order chi connectivity index (χ1) is 15.7. The van der Waals surface area contributed by atoms with Crippen LogP contribution in [0, 0.1) is 23.7 Å². The van der Waals surface area contributed by atoms with Crippen LogP contribution < -0.4 is 15.0 Å². The van der Waals surface area contributed by atoms with Crippen LogP contribution in [-0.2, 0) is 9.59 Å². The molecule has 33 heavy (non-hydrogen) atoms. The number of piperidine rings is 2. The molecule has 3 aliphatic heterocycles. The van der Waals surface area contributed by atoms with Crippen LogP contribution in [0.4, 0.5) is 18.9 Å². The van der Waals surface area contributed by atoms with Crippen LogP contribution in [0.15, 0.2) is 24.3 Å². The van der Waals surface area contributed by atoms with Gasteiger partial charge in [0.1, 0.15) is 0 Å². The molecule has 8 nitrogen and oxygen atoms in total. The maximum Gasteiger partial charge on any atom is 0.573 e. The molecule has 0 aromatic heterocycles. The van der Waals surface area contributed by atoms with Gasteiger partial charge in [0.15, 0.2) is 18.0 Å². The van der Waals surface area contributed by atoms with Crippen molar-refractivity contribution in [3.63, 3.8) is 0 Å². The predicted octanol–water partition coefficient (Wildman–Crippen LogP) is 0.726. The van der Waals surface area contributed by atoms with Crippen LogP contribution in [0.5, 0.6) is 5.75 Å². The van der Waals surface area contributed by atoms with Crippen molar-refractivity contribution < 1.29 is 37.7 Å². The topological polar surface area (TPSA) is 102 Å². The van der Waals surface area contributed by atoms with Gasteiger partial charge in [0.25, 0.3) is 11.8 Å². The second-order valence-electron chi connectivity index (χ2n) is 9.38. The zero-order chi connectivity index (χ0) is 23.5. The molecule has 5 fully saturated rings. The Balaban J connectivity index is 1.08. The largest absolute Gasteiger partial charge is 0.573 e. The first-order valence-corrected chi connectivity index (χ1v) is 11.2. The van der Waals surface area contributed by atoms with Gasteiger partial charge in [-0.15, -0.1) is 13.2 Å². The summed E-state index contributed by atoms with van der Waals surface area (Å²) in [5, 5.41) is 22.9. The summed E-state index contributed by atoms with van der Waals surface area (Å²) >= 11 is 0. The summed E-state index contributed by atoms with van der Waals surface area (Å²) in [5.74, 6) is 0.0558. The normalized spacial score (nSPS) is 29.8. The van der Waals surface area contributed by atoms with E-state index in [1.54, 1.807) is 21.9 Å². The minimum absolute atomic E-state index is 0.0512. The Morgan fingerprint density at radius 2 is 1.79 bits per heavy atom. The molecular weight excluding hydrogens is 443 g/mol. The molecule has 6 rings (SSSR count). The standard InChI is InChI=1S/C22H26F3N3O5/c23-22(24,25)33-14-4-2-1-3-13(14)27-7-5-11(6-8-27)9-26-20(31)18(29)19(30)21(32)28-10-12-15-16(12)17(15)28/h1-4,11-12,15-19,29-30H,5-10H2,(H,26,31)/t12?,15?,16?,17?,18-,19-/m1/s1. The Bertz CT molecular complexity index is 919. The van der Waals surface area contributed by atoms with Crippen LogP contribution in [0.2, 0.25) is 0 Å². The maximum atomic E-state index is 12.7. The molecule has 4 atom stereocenters. The van der Waals surface area contributed by atoms with Gasteiger partial charge in [-0.3, -0.25) is 9.59 Å². The lowest BCUT2D eigenvalue weighted by molar-refractivity contribution is -0.274. The summed E-state index contributed by atoms with van der Waals surface area (Å²) in [6.45, 7) is 1.79. The molecule has 2 saturated carbocycles. The predicted molar refractivity (Wildman–Crippen MR) is 109 cm³/mol. The molecule has 180 valence electrons. The van der Waals surface area contributed by atoms with Crippen LogP contribution in [0.1, 0.15) is 12.8 Å². The number of ether oxygens (including phenoxy) is 1. The molecule has 2 aliphatic carbocycles. The molecular formula is C22H26F3N3O5. The fourth-order valence-electron chi connectivity index (χ4n) is 5.48. The number of alkyl halides is 3. The lowest BCUT2D eigenvalue weighted by atomic mass is 9.96. The van der Waals surface area contributed by atoms with Gasteiger partial charge in [-0.2, -0.15) is 0 Å². The van der Waals surface area contributed by atoms with Crippen molar-refractivity contribution in [1.82, 2.24) is 10.2 Å². The number of halogens is 3. The number of fused-ring (bicyclic) bond motifs is 1. The zero-order valence-corrected chi connectivity index (χ0v) is 17.7. The third-order valence-corrected chi connectivity index (χ3v) is 7.42. The average Bonchev–Trinajstić information content (AvgIpc) is 3.60. The molecule has 2 bridgehead atoms. The van der Waals surface area contributed by atoms with Gasteiger partial charge in [0.2, 0.25) is 0 Å². The summed E-state index contributed by atoms with van der Waals surface area (Å²) in [7, 11) is 0. The Morgan fingerprint density at radius 3 is 2.39 bits per heavy atom. The lowest BCUT2D eigenvalue weighted by Crippen LogP contribution is -2.51. The highest BCUT2D eigenvalue weighted by Crippen LogP contribution is 2.75. The number of rotatable bonds is 7. The fourth-order valence-corrected chi connectivity index (χ4v) is 5.48. The van der Waals surface area contributed by atoms with Crippen LogP contribution in [0.25, 0.3) is 0 Å². The number of nitrogens with one attached hydrogen (secondary N) is 1. The van der Waals surface area contributed by atoms with Gasteiger partial charge >= 0.3 is 6.36 Å². The average molecular weight is 469 g/mol. The summed E-state index contributed by atoms with van der Waals surface area (Å²) in [6.07, 6.45) is -7.18. The lowest BCUT2D eigenvalue weighted by Gasteiger charge is -2.34. The first kappa shape index (κ1) is 22.3. The molecule has 5 aliphatic rings. The third-order valence-electron chi connectivity index (χ3n) is 7.42. The first-order valence-electron chi connectivity index (χ1n) is 11.2. The van der Waals surface area contributed by atoms with E-state index in [0.717, 1.165) is 0 Å². The summed E-state index contributed by atoms with van der Waals surface area (Å²) in [6, 6.07) is 6.15. The van der Waals surface area contributed by atoms with E-state index in [9.17, 15) is 33.0 Å². The molecule has 11 heteroatoms. The maximum absolute atomic E-state index is 12.7. The zero-order valence-electron chi connectivity index (χ0n) is 17.7. The van der Waals surface area contributed by atoms with Crippen molar-refractivity contribution in [1.29, 1.82) is 0 Å². The molecule has 2 unspecified atom stereocenters. The third kappa shape index (κ3) is 4.23. The molecule has 1 aromatic rings. The Kier molecular flexibility index (Phi) is 5.43. The van der Waals surface area contributed by atoms with Crippen molar-refractivity contribution in [3.8, 4) is 5.75 Å². The summed E-state index contributed by atoms with van der Waals surface area (Å²) < 4.78 is 42.1. The number of amides is 2. The molecule has 0 spiro atoms. The minimum atomic E-state index is -4.78. The Hall–Kier alpha value is -2.53. The smallest absolute Gasteiger partial charge is 0.404 e. The van der Waals surface area contributed by atoms with E-state index in [1.165, 1.54) is 12.1 Å². The van der Waals surface area contributed by atoms with E-state index >= 15 is 0 Å².